The number of thioether (sulfide) groups is 1. The van der Waals surface area contributed by atoms with Crippen molar-refractivity contribution in [3.8, 4) is 0 Å². The molecule has 0 saturated heterocycles. The minimum atomic E-state index is -0.0344. The molecule has 1 aromatic rings. The van der Waals surface area contributed by atoms with Gasteiger partial charge in [0.1, 0.15) is 5.25 Å². The Morgan fingerprint density at radius 1 is 1.37 bits per heavy atom. The molecule has 0 saturated carbocycles. The van der Waals surface area contributed by atoms with Crippen molar-refractivity contribution >= 4 is 30.1 Å². The number of aryl methyl sites for hydroxylation is 1. The van der Waals surface area contributed by atoms with E-state index in [4.69, 9.17) is 5.73 Å². The molecule has 1 heterocycles. The molecule has 1 atom stereocenters. The van der Waals surface area contributed by atoms with Gasteiger partial charge in [0.05, 0.1) is 0 Å². The number of nitrogens with two attached hydrogens (primary N) is 1. The summed E-state index contributed by atoms with van der Waals surface area (Å²) in [4.78, 5) is 12.2. The van der Waals surface area contributed by atoms with Crippen LogP contribution >= 0.6 is 24.2 Å². The molecule has 0 bridgehead atoms. The van der Waals surface area contributed by atoms with Crippen molar-refractivity contribution in [2.75, 3.05) is 18.8 Å². The van der Waals surface area contributed by atoms with E-state index in [9.17, 15) is 4.79 Å². The molecule has 1 aliphatic heterocycles. The minimum Gasteiger partial charge on any atom is -0.355 e. The number of unbranched alkanes of at least 4 members (excludes halogenated alkanes) is 1. The third-order valence-electron chi connectivity index (χ3n) is 3.16. The van der Waals surface area contributed by atoms with Gasteiger partial charge in [-0.3, -0.25) is 4.79 Å². The van der Waals surface area contributed by atoms with Gasteiger partial charge in [-0.25, -0.2) is 0 Å². The summed E-state index contributed by atoms with van der Waals surface area (Å²) in [6, 6.07) is 8.26. The third kappa shape index (κ3) is 4.41. The zero-order chi connectivity index (χ0) is 12.8. The SMILES string of the molecule is Cl.NCCCCNC(=O)C1SCCc2ccccc21. The lowest BCUT2D eigenvalue weighted by atomic mass is 10.0. The minimum absolute atomic E-state index is 0. The smallest absolute Gasteiger partial charge is 0.237 e. The summed E-state index contributed by atoms with van der Waals surface area (Å²) in [7, 11) is 0. The predicted octanol–water partition coefficient (Wildman–Crippen LogP) is 2.29. The van der Waals surface area contributed by atoms with E-state index in [0.717, 1.165) is 31.6 Å². The quantitative estimate of drug-likeness (QED) is 0.820. The Morgan fingerprint density at radius 3 is 2.95 bits per heavy atom. The van der Waals surface area contributed by atoms with Crippen LogP contribution in [-0.2, 0) is 11.2 Å². The number of halogens is 1. The van der Waals surface area contributed by atoms with Crippen LogP contribution in [0.1, 0.15) is 29.2 Å². The average molecular weight is 301 g/mol. The molecule has 1 amide bonds. The molecule has 5 heteroatoms. The Hall–Kier alpha value is -0.710. The van der Waals surface area contributed by atoms with Crippen LogP contribution in [0.5, 0.6) is 0 Å². The van der Waals surface area contributed by atoms with E-state index in [1.165, 1.54) is 11.1 Å². The first kappa shape index (κ1) is 16.3. The molecular formula is C14H21ClN2OS. The maximum Gasteiger partial charge on any atom is 0.237 e. The summed E-state index contributed by atoms with van der Waals surface area (Å²) in [6.45, 7) is 1.42. The van der Waals surface area contributed by atoms with Crippen LogP contribution in [0.3, 0.4) is 0 Å². The van der Waals surface area contributed by atoms with E-state index >= 15 is 0 Å². The van der Waals surface area contributed by atoms with Gasteiger partial charge in [-0.1, -0.05) is 24.3 Å². The van der Waals surface area contributed by atoms with Crippen LogP contribution in [0.2, 0.25) is 0 Å². The fraction of sp³-hybridized carbons (Fsp3) is 0.500. The molecule has 3 nitrogen and oxygen atoms in total. The number of amides is 1. The monoisotopic (exact) mass is 300 g/mol. The lowest BCUT2D eigenvalue weighted by Gasteiger charge is -2.24. The van der Waals surface area contributed by atoms with Crippen molar-refractivity contribution in [2.45, 2.75) is 24.5 Å². The van der Waals surface area contributed by atoms with E-state index in [2.05, 4.69) is 17.4 Å². The second-order valence-electron chi connectivity index (χ2n) is 4.49. The molecule has 1 aromatic carbocycles. The van der Waals surface area contributed by atoms with E-state index in [-0.39, 0.29) is 23.6 Å². The first-order chi connectivity index (χ1) is 8.83. The Labute approximate surface area is 125 Å². The van der Waals surface area contributed by atoms with Crippen molar-refractivity contribution in [2.24, 2.45) is 5.73 Å². The maximum atomic E-state index is 12.2. The first-order valence-corrected chi connectivity index (χ1v) is 7.55. The van der Waals surface area contributed by atoms with E-state index in [1.54, 1.807) is 11.8 Å². The zero-order valence-electron chi connectivity index (χ0n) is 10.9. The molecule has 106 valence electrons. The van der Waals surface area contributed by atoms with Gasteiger partial charge in [0.2, 0.25) is 5.91 Å². The van der Waals surface area contributed by atoms with Crippen LogP contribution < -0.4 is 11.1 Å². The van der Waals surface area contributed by atoms with Crippen molar-refractivity contribution in [3.63, 3.8) is 0 Å². The summed E-state index contributed by atoms with van der Waals surface area (Å²) in [6.07, 6.45) is 2.99. The highest BCUT2D eigenvalue weighted by Crippen LogP contribution is 2.36. The summed E-state index contributed by atoms with van der Waals surface area (Å²) in [5.41, 5.74) is 7.94. The number of benzene rings is 1. The summed E-state index contributed by atoms with van der Waals surface area (Å²) in [5.74, 6) is 1.17. The highest BCUT2D eigenvalue weighted by molar-refractivity contribution is 8.00. The number of carbonyl (C=O) groups excluding carboxylic acids is 1. The fourth-order valence-corrected chi connectivity index (χ4v) is 3.40. The van der Waals surface area contributed by atoms with Crippen molar-refractivity contribution in [1.82, 2.24) is 5.32 Å². The zero-order valence-corrected chi connectivity index (χ0v) is 12.6. The summed E-state index contributed by atoms with van der Waals surface area (Å²) >= 11 is 1.74. The molecule has 19 heavy (non-hydrogen) atoms. The van der Waals surface area contributed by atoms with E-state index in [1.807, 2.05) is 12.1 Å². The number of hydrogen-bond donors (Lipinski definition) is 2. The van der Waals surface area contributed by atoms with Crippen LogP contribution in [0.15, 0.2) is 24.3 Å². The summed E-state index contributed by atoms with van der Waals surface area (Å²) in [5, 5.41) is 2.98. The molecule has 0 aromatic heterocycles. The van der Waals surface area contributed by atoms with Gasteiger partial charge < -0.3 is 11.1 Å². The average Bonchev–Trinajstić information content (AvgIpc) is 2.43. The van der Waals surface area contributed by atoms with Gasteiger partial charge in [0.15, 0.2) is 0 Å². The molecule has 1 aliphatic rings. The van der Waals surface area contributed by atoms with E-state index in [0.29, 0.717) is 6.54 Å². The highest BCUT2D eigenvalue weighted by Gasteiger charge is 2.26. The fourth-order valence-electron chi connectivity index (χ4n) is 2.18. The third-order valence-corrected chi connectivity index (χ3v) is 4.40. The Kier molecular flexibility index (Phi) is 7.28. The largest absolute Gasteiger partial charge is 0.355 e. The lowest BCUT2D eigenvalue weighted by molar-refractivity contribution is -0.120. The van der Waals surface area contributed by atoms with Crippen LogP contribution in [0, 0.1) is 0 Å². The van der Waals surface area contributed by atoms with Crippen molar-refractivity contribution < 1.29 is 4.79 Å². The van der Waals surface area contributed by atoms with Gasteiger partial charge in [-0.2, -0.15) is 0 Å². The second kappa shape index (κ2) is 8.46. The molecule has 2 rings (SSSR count). The lowest BCUT2D eigenvalue weighted by Crippen LogP contribution is -2.31. The van der Waals surface area contributed by atoms with Gasteiger partial charge in [-0.05, 0) is 42.7 Å². The molecule has 0 fully saturated rings. The van der Waals surface area contributed by atoms with E-state index < -0.39 is 0 Å². The highest BCUT2D eigenvalue weighted by atomic mass is 35.5. The predicted molar refractivity (Wildman–Crippen MR) is 83.9 cm³/mol. The number of fused-ring (bicyclic) bond motifs is 1. The Balaban J connectivity index is 0.00000180. The number of rotatable bonds is 5. The normalized spacial score (nSPS) is 17.2. The Morgan fingerprint density at radius 2 is 2.16 bits per heavy atom. The maximum absolute atomic E-state index is 12.2. The standard InChI is InChI=1S/C14H20N2OS.ClH/c15-8-3-4-9-16-14(17)13-12-6-2-1-5-11(12)7-10-18-13;/h1-2,5-6,13H,3-4,7-10,15H2,(H,16,17);1H. The first-order valence-electron chi connectivity index (χ1n) is 6.50. The molecule has 0 spiro atoms. The molecule has 0 radical (unpaired) electrons. The topological polar surface area (TPSA) is 55.1 Å². The van der Waals surface area contributed by atoms with Gasteiger partial charge in [0, 0.05) is 6.54 Å². The van der Waals surface area contributed by atoms with Crippen molar-refractivity contribution in [1.29, 1.82) is 0 Å². The number of carbonyl (C=O) groups is 1. The van der Waals surface area contributed by atoms with Crippen molar-refractivity contribution in [3.05, 3.63) is 35.4 Å². The van der Waals surface area contributed by atoms with Gasteiger partial charge in [-0.15, -0.1) is 24.2 Å². The molecular weight excluding hydrogens is 280 g/mol. The van der Waals surface area contributed by atoms with Gasteiger partial charge in [0.25, 0.3) is 0 Å². The molecule has 1 unspecified atom stereocenters. The van der Waals surface area contributed by atoms with Crippen LogP contribution in [0.25, 0.3) is 0 Å². The Bertz CT molecular complexity index is 414. The van der Waals surface area contributed by atoms with Crippen LogP contribution in [-0.4, -0.2) is 24.7 Å². The molecule has 0 aliphatic carbocycles. The molecule has 3 N–H and O–H groups in total. The number of hydrogen-bond acceptors (Lipinski definition) is 3. The van der Waals surface area contributed by atoms with Crippen LogP contribution in [0.4, 0.5) is 0 Å². The van der Waals surface area contributed by atoms with Gasteiger partial charge >= 0.3 is 0 Å². The summed E-state index contributed by atoms with van der Waals surface area (Å²) < 4.78 is 0. The second-order valence-corrected chi connectivity index (χ2v) is 5.70. The number of nitrogens with one attached hydrogen (secondary N) is 1.